The van der Waals surface area contributed by atoms with Crippen LogP contribution in [-0.4, -0.2) is 47.4 Å². The number of hydrogen-bond donors (Lipinski definition) is 0. The van der Waals surface area contributed by atoms with Gasteiger partial charge in [0.25, 0.3) is 0 Å². The molecule has 2 aromatic rings. The highest BCUT2D eigenvalue weighted by atomic mass is 16.5. The lowest BCUT2D eigenvalue weighted by atomic mass is 10.1. The first kappa shape index (κ1) is 22.9. The molecule has 0 heterocycles. The fourth-order valence-corrected chi connectivity index (χ4v) is 3.02. The minimum Gasteiger partial charge on any atom is -0.493 e. The fraction of sp³-hybridized carbons (Fsp3) is 0.348. The van der Waals surface area contributed by atoms with E-state index in [9.17, 15) is 4.79 Å². The van der Waals surface area contributed by atoms with Gasteiger partial charge in [0.15, 0.2) is 29.1 Å². The van der Waals surface area contributed by atoms with Crippen molar-refractivity contribution in [3.8, 4) is 34.5 Å². The molecule has 1 atom stereocenters. The Balaban J connectivity index is 2.39. The van der Waals surface area contributed by atoms with Crippen LogP contribution in [0.3, 0.4) is 0 Å². The molecule has 7 nitrogen and oxygen atoms in total. The summed E-state index contributed by atoms with van der Waals surface area (Å²) in [5.74, 6) is 2.19. The number of ketones is 1. The molecule has 0 radical (unpaired) electrons. The first-order chi connectivity index (χ1) is 14.4. The molecule has 0 aliphatic heterocycles. The third kappa shape index (κ3) is 4.79. The van der Waals surface area contributed by atoms with E-state index >= 15 is 0 Å². The summed E-state index contributed by atoms with van der Waals surface area (Å²) in [6, 6.07) is 6.84. The molecular formula is C23H28O7. The van der Waals surface area contributed by atoms with Crippen molar-refractivity contribution in [2.75, 3.05) is 35.5 Å². The fourth-order valence-electron chi connectivity index (χ4n) is 3.02. The lowest BCUT2D eigenvalue weighted by Gasteiger charge is -2.20. The summed E-state index contributed by atoms with van der Waals surface area (Å²) in [5.41, 5.74) is 1.31. The van der Waals surface area contributed by atoms with Crippen molar-refractivity contribution >= 4 is 5.78 Å². The zero-order valence-corrected chi connectivity index (χ0v) is 18.2. The van der Waals surface area contributed by atoms with E-state index in [4.69, 9.17) is 28.4 Å². The number of carbonyl (C=O) groups is 1. The van der Waals surface area contributed by atoms with Gasteiger partial charge in [-0.1, -0.05) is 6.08 Å². The monoisotopic (exact) mass is 416 g/mol. The van der Waals surface area contributed by atoms with Gasteiger partial charge in [0.1, 0.15) is 0 Å². The van der Waals surface area contributed by atoms with Crippen LogP contribution >= 0.6 is 0 Å². The van der Waals surface area contributed by atoms with Crippen LogP contribution < -0.4 is 28.4 Å². The summed E-state index contributed by atoms with van der Waals surface area (Å²) >= 11 is 0. The SMILES string of the molecule is C=CCc1cc(OC)c(OC(C)C(=O)c2cc(OC)c(OC)c(OC)c2)c(OC)c1. The Morgan fingerprint density at radius 3 is 1.70 bits per heavy atom. The Bertz CT molecular complexity index is 854. The van der Waals surface area contributed by atoms with Gasteiger partial charge in [-0.2, -0.15) is 0 Å². The van der Waals surface area contributed by atoms with Crippen molar-refractivity contribution in [3.63, 3.8) is 0 Å². The lowest BCUT2D eigenvalue weighted by Crippen LogP contribution is -2.24. The average molecular weight is 416 g/mol. The standard InChI is InChI=1S/C23H28O7/c1-8-9-15-10-17(25-3)23(18(11-15)26-4)30-14(2)21(24)16-12-19(27-5)22(29-7)20(13-16)28-6/h8,10-14H,1,9H2,2-7H3. The van der Waals surface area contributed by atoms with Crippen LogP contribution in [0, 0.1) is 0 Å². The van der Waals surface area contributed by atoms with Gasteiger partial charge in [-0.15, -0.1) is 6.58 Å². The van der Waals surface area contributed by atoms with E-state index in [-0.39, 0.29) is 5.78 Å². The quantitative estimate of drug-likeness (QED) is 0.403. The number of rotatable bonds is 11. The summed E-state index contributed by atoms with van der Waals surface area (Å²) in [6.45, 7) is 5.40. The molecule has 0 spiro atoms. The molecule has 0 amide bonds. The third-order valence-corrected chi connectivity index (χ3v) is 4.51. The van der Waals surface area contributed by atoms with Crippen LogP contribution in [0.2, 0.25) is 0 Å². The zero-order chi connectivity index (χ0) is 22.3. The summed E-state index contributed by atoms with van der Waals surface area (Å²) in [5, 5.41) is 0. The second-order valence-corrected chi connectivity index (χ2v) is 6.36. The molecule has 7 heteroatoms. The van der Waals surface area contributed by atoms with Crippen LogP contribution in [0.25, 0.3) is 0 Å². The van der Waals surface area contributed by atoms with Gasteiger partial charge < -0.3 is 28.4 Å². The minimum absolute atomic E-state index is 0.270. The molecule has 0 bridgehead atoms. The van der Waals surface area contributed by atoms with E-state index in [1.54, 1.807) is 25.1 Å². The van der Waals surface area contributed by atoms with Crippen molar-refractivity contribution in [2.45, 2.75) is 19.4 Å². The van der Waals surface area contributed by atoms with Crippen molar-refractivity contribution in [1.82, 2.24) is 0 Å². The van der Waals surface area contributed by atoms with Gasteiger partial charge >= 0.3 is 0 Å². The lowest BCUT2D eigenvalue weighted by molar-refractivity contribution is 0.0808. The molecule has 0 aliphatic carbocycles. The normalized spacial score (nSPS) is 11.3. The number of ether oxygens (including phenoxy) is 6. The van der Waals surface area contributed by atoms with E-state index in [1.807, 2.05) is 12.1 Å². The predicted octanol–water partition coefficient (Wildman–Crippen LogP) is 4.11. The average Bonchev–Trinajstić information content (AvgIpc) is 2.77. The molecule has 0 fully saturated rings. The maximum atomic E-state index is 13.1. The Morgan fingerprint density at radius 2 is 1.30 bits per heavy atom. The number of hydrogen-bond acceptors (Lipinski definition) is 7. The number of methoxy groups -OCH3 is 5. The molecule has 2 rings (SSSR count). The summed E-state index contributed by atoms with van der Waals surface area (Å²) in [4.78, 5) is 13.1. The van der Waals surface area contributed by atoms with Crippen LogP contribution in [0.5, 0.6) is 34.5 Å². The number of benzene rings is 2. The topological polar surface area (TPSA) is 72.5 Å². The maximum Gasteiger partial charge on any atom is 0.204 e. The largest absolute Gasteiger partial charge is 0.493 e. The molecule has 30 heavy (non-hydrogen) atoms. The van der Waals surface area contributed by atoms with Gasteiger partial charge in [0, 0.05) is 5.56 Å². The van der Waals surface area contributed by atoms with Crippen LogP contribution in [0.4, 0.5) is 0 Å². The molecule has 2 aromatic carbocycles. The van der Waals surface area contributed by atoms with E-state index in [2.05, 4.69) is 6.58 Å². The van der Waals surface area contributed by atoms with Gasteiger partial charge in [0.2, 0.25) is 17.3 Å². The predicted molar refractivity (Wildman–Crippen MR) is 114 cm³/mol. The molecular weight excluding hydrogens is 388 g/mol. The first-order valence-electron chi connectivity index (χ1n) is 9.30. The molecule has 1 unspecified atom stereocenters. The van der Waals surface area contributed by atoms with E-state index in [0.29, 0.717) is 46.5 Å². The van der Waals surface area contributed by atoms with E-state index in [1.165, 1.54) is 35.5 Å². The molecule has 0 saturated heterocycles. The van der Waals surface area contributed by atoms with E-state index in [0.717, 1.165) is 5.56 Å². The number of allylic oxidation sites excluding steroid dienone is 1. The Kier molecular flexibility index (Phi) is 7.98. The second kappa shape index (κ2) is 10.4. The number of Topliss-reactive ketones (excluding diaryl/α,β-unsaturated/α-hetero) is 1. The van der Waals surface area contributed by atoms with E-state index < -0.39 is 6.10 Å². The molecule has 0 saturated carbocycles. The highest BCUT2D eigenvalue weighted by Gasteiger charge is 2.25. The van der Waals surface area contributed by atoms with Crippen molar-refractivity contribution in [3.05, 3.63) is 48.0 Å². The van der Waals surface area contributed by atoms with Crippen LogP contribution in [0.15, 0.2) is 36.9 Å². The summed E-state index contributed by atoms with van der Waals surface area (Å²) < 4.78 is 32.9. The summed E-state index contributed by atoms with van der Waals surface area (Å²) in [6.07, 6.45) is 1.60. The highest BCUT2D eigenvalue weighted by Crippen LogP contribution is 2.41. The van der Waals surface area contributed by atoms with Gasteiger partial charge in [-0.3, -0.25) is 4.79 Å². The van der Waals surface area contributed by atoms with Crippen molar-refractivity contribution < 1.29 is 33.2 Å². The smallest absolute Gasteiger partial charge is 0.204 e. The van der Waals surface area contributed by atoms with Gasteiger partial charge in [0.05, 0.1) is 35.5 Å². The maximum absolute atomic E-state index is 13.1. The molecule has 0 aliphatic rings. The van der Waals surface area contributed by atoms with Crippen LogP contribution in [0.1, 0.15) is 22.8 Å². The minimum atomic E-state index is -0.833. The Labute approximate surface area is 177 Å². The Hall–Kier alpha value is -3.35. The second-order valence-electron chi connectivity index (χ2n) is 6.36. The van der Waals surface area contributed by atoms with Crippen molar-refractivity contribution in [1.29, 1.82) is 0 Å². The zero-order valence-electron chi connectivity index (χ0n) is 18.2. The summed E-state index contributed by atoms with van der Waals surface area (Å²) in [7, 11) is 7.55. The number of carbonyl (C=O) groups excluding carboxylic acids is 1. The molecule has 0 N–H and O–H groups in total. The molecule has 0 aromatic heterocycles. The highest BCUT2D eigenvalue weighted by molar-refractivity contribution is 6.00. The molecule has 162 valence electrons. The Morgan fingerprint density at radius 1 is 0.833 bits per heavy atom. The first-order valence-corrected chi connectivity index (χ1v) is 9.30. The van der Waals surface area contributed by atoms with Gasteiger partial charge in [-0.05, 0) is 43.2 Å². The third-order valence-electron chi connectivity index (χ3n) is 4.51. The van der Waals surface area contributed by atoms with Gasteiger partial charge in [-0.25, -0.2) is 0 Å². The van der Waals surface area contributed by atoms with Crippen LogP contribution in [-0.2, 0) is 6.42 Å². The van der Waals surface area contributed by atoms with Crippen molar-refractivity contribution in [2.24, 2.45) is 0 Å².